The Morgan fingerprint density at radius 3 is 2.73 bits per heavy atom. The molecule has 0 amide bonds. The first-order valence-electron chi connectivity index (χ1n) is 9.74. The SMILES string of the molecule is COc1cc(N2CCN(C)C[C@@H]2C)ccc1-n1cnc(Nc2cnc(C#N)cn2)c1. The normalized spacial score (nSPS) is 16.9. The molecule has 1 atom stereocenters. The molecule has 0 bridgehead atoms. The summed E-state index contributed by atoms with van der Waals surface area (Å²) in [6.45, 7) is 5.32. The fraction of sp³-hybridized carbons (Fsp3) is 0.333. The second-order valence-electron chi connectivity index (χ2n) is 7.35. The number of benzene rings is 1. The van der Waals surface area contributed by atoms with Crippen LogP contribution in [0.3, 0.4) is 0 Å². The molecule has 0 aliphatic carbocycles. The van der Waals surface area contributed by atoms with E-state index in [0.717, 1.165) is 36.8 Å². The van der Waals surface area contributed by atoms with Crippen molar-refractivity contribution < 1.29 is 4.74 Å². The Morgan fingerprint density at radius 2 is 2.03 bits per heavy atom. The molecule has 30 heavy (non-hydrogen) atoms. The van der Waals surface area contributed by atoms with E-state index in [0.29, 0.717) is 17.7 Å². The largest absolute Gasteiger partial charge is 0.494 e. The monoisotopic (exact) mass is 404 g/mol. The first kappa shape index (κ1) is 19.7. The third-order valence-electron chi connectivity index (χ3n) is 5.21. The Kier molecular flexibility index (Phi) is 5.50. The van der Waals surface area contributed by atoms with E-state index in [4.69, 9.17) is 10.00 Å². The molecule has 4 rings (SSSR count). The molecule has 1 saturated heterocycles. The molecule has 2 aromatic heterocycles. The van der Waals surface area contributed by atoms with E-state index >= 15 is 0 Å². The summed E-state index contributed by atoms with van der Waals surface area (Å²) in [5.74, 6) is 1.92. The van der Waals surface area contributed by atoms with Crippen molar-refractivity contribution >= 4 is 17.3 Å². The summed E-state index contributed by atoms with van der Waals surface area (Å²) in [5, 5.41) is 11.9. The van der Waals surface area contributed by atoms with Crippen molar-refractivity contribution in [2.24, 2.45) is 0 Å². The van der Waals surface area contributed by atoms with E-state index < -0.39 is 0 Å². The van der Waals surface area contributed by atoms with Gasteiger partial charge in [-0.3, -0.25) is 0 Å². The maximum Gasteiger partial charge on any atom is 0.158 e. The standard InChI is InChI=1S/C21H24N8O/c1-15-12-27(2)6-7-29(15)17-4-5-18(19(8-17)30-3)28-13-21(25-14-28)26-20-11-23-16(9-22)10-24-20/h4-5,8,10-11,13-15H,6-7,12H2,1-3H3,(H,24,26)/t15-/m0/s1. The number of hydrogen-bond donors (Lipinski definition) is 1. The zero-order valence-corrected chi connectivity index (χ0v) is 17.3. The van der Waals surface area contributed by atoms with Gasteiger partial charge in [-0.2, -0.15) is 5.26 Å². The fourth-order valence-electron chi connectivity index (χ4n) is 3.68. The highest BCUT2D eigenvalue weighted by Gasteiger charge is 2.22. The molecule has 1 aliphatic rings. The van der Waals surface area contributed by atoms with Gasteiger partial charge in [-0.25, -0.2) is 15.0 Å². The summed E-state index contributed by atoms with van der Waals surface area (Å²) in [6, 6.07) is 8.64. The van der Waals surface area contributed by atoms with Crippen LogP contribution in [0.4, 0.5) is 17.3 Å². The molecule has 1 aliphatic heterocycles. The van der Waals surface area contributed by atoms with Crippen LogP contribution in [0.15, 0.2) is 43.1 Å². The van der Waals surface area contributed by atoms with Crippen molar-refractivity contribution in [2.75, 3.05) is 44.0 Å². The highest BCUT2D eigenvalue weighted by molar-refractivity contribution is 5.61. The van der Waals surface area contributed by atoms with Gasteiger partial charge in [0.15, 0.2) is 5.69 Å². The number of ether oxygens (including phenoxy) is 1. The molecule has 3 aromatic rings. The number of hydrogen-bond acceptors (Lipinski definition) is 8. The topological polar surface area (TPSA) is 95.1 Å². The molecule has 0 saturated carbocycles. The van der Waals surface area contributed by atoms with Crippen LogP contribution in [-0.2, 0) is 0 Å². The van der Waals surface area contributed by atoms with E-state index in [-0.39, 0.29) is 5.69 Å². The van der Waals surface area contributed by atoms with Gasteiger partial charge in [0.05, 0.1) is 31.4 Å². The van der Waals surface area contributed by atoms with Gasteiger partial charge in [-0.05, 0) is 26.1 Å². The molecular formula is C21H24N8O. The number of likely N-dealkylation sites (N-methyl/N-ethyl adjacent to an activating group) is 1. The van der Waals surface area contributed by atoms with Gasteiger partial charge in [-0.1, -0.05) is 0 Å². The summed E-state index contributed by atoms with van der Waals surface area (Å²) in [7, 11) is 3.84. The van der Waals surface area contributed by atoms with Crippen molar-refractivity contribution in [3.63, 3.8) is 0 Å². The quantitative estimate of drug-likeness (QED) is 0.693. The molecule has 154 valence electrons. The van der Waals surface area contributed by atoms with Crippen LogP contribution in [0.1, 0.15) is 12.6 Å². The highest BCUT2D eigenvalue weighted by Crippen LogP contribution is 2.31. The minimum atomic E-state index is 0.269. The first-order valence-corrected chi connectivity index (χ1v) is 9.74. The number of piperazine rings is 1. The number of imidazole rings is 1. The number of nitrogens with one attached hydrogen (secondary N) is 1. The summed E-state index contributed by atoms with van der Waals surface area (Å²) >= 11 is 0. The average molecular weight is 404 g/mol. The second kappa shape index (κ2) is 8.39. The Balaban J connectivity index is 1.54. The molecule has 0 unspecified atom stereocenters. The molecule has 3 heterocycles. The molecular weight excluding hydrogens is 380 g/mol. The number of aromatic nitrogens is 4. The number of anilines is 3. The average Bonchev–Trinajstić information content (AvgIpc) is 3.22. The minimum absolute atomic E-state index is 0.269. The van der Waals surface area contributed by atoms with Gasteiger partial charge in [0, 0.05) is 37.4 Å². The van der Waals surface area contributed by atoms with Crippen LogP contribution in [0.25, 0.3) is 5.69 Å². The Labute approximate surface area is 175 Å². The minimum Gasteiger partial charge on any atom is -0.494 e. The van der Waals surface area contributed by atoms with E-state index in [1.54, 1.807) is 13.4 Å². The van der Waals surface area contributed by atoms with Gasteiger partial charge in [-0.15, -0.1) is 0 Å². The number of methoxy groups -OCH3 is 1. The molecule has 9 heteroatoms. The summed E-state index contributed by atoms with van der Waals surface area (Å²) in [4.78, 5) is 17.3. The Morgan fingerprint density at radius 1 is 1.17 bits per heavy atom. The van der Waals surface area contributed by atoms with Crippen molar-refractivity contribution in [3.8, 4) is 17.5 Å². The van der Waals surface area contributed by atoms with Crippen LogP contribution in [0.5, 0.6) is 5.75 Å². The lowest BCUT2D eigenvalue weighted by atomic mass is 10.1. The fourth-order valence-corrected chi connectivity index (χ4v) is 3.68. The van der Waals surface area contributed by atoms with Crippen molar-refractivity contribution in [2.45, 2.75) is 13.0 Å². The van der Waals surface area contributed by atoms with Gasteiger partial charge in [0.25, 0.3) is 0 Å². The highest BCUT2D eigenvalue weighted by atomic mass is 16.5. The van der Waals surface area contributed by atoms with Crippen molar-refractivity contribution in [3.05, 3.63) is 48.8 Å². The van der Waals surface area contributed by atoms with Crippen molar-refractivity contribution in [1.82, 2.24) is 24.4 Å². The molecule has 0 spiro atoms. The van der Waals surface area contributed by atoms with Crippen LogP contribution >= 0.6 is 0 Å². The predicted octanol–water partition coefficient (Wildman–Crippen LogP) is 2.43. The van der Waals surface area contributed by atoms with Crippen LogP contribution in [0, 0.1) is 11.3 Å². The summed E-state index contributed by atoms with van der Waals surface area (Å²) in [5.41, 5.74) is 2.32. The Bertz CT molecular complexity index is 1060. The third-order valence-corrected chi connectivity index (χ3v) is 5.21. The van der Waals surface area contributed by atoms with Crippen molar-refractivity contribution in [1.29, 1.82) is 5.26 Å². The summed E-state index contributed by atoms with van der Waals surface area (Å²) < 4.78 is 7.58. The molecule has 1 fully saturated rings. The maximum atomic E-state index is 8.82. The zero-order chi connectivity index (χ0) is 21.1. The van der Waals surface area contributed by atoms with E-state index in [2.05, 4.69) is 56.2 Å². The molecule has 9 nitrogen and oxygen atoms in total. The van der Waals surface area contributed by atoms with Gasteiger partial charge >= 0.3 is 0 Å². The number of rotatable bonds is 5. The second-order valence-corrected chi connectivity index (χ2v) is 7.35. The lowest BCUT2D eigenvalue weighted by molar-refractivity contribution is 0.275. The zero-order valence-electron chi connectivity index (χ0n) is 17.3. The van der Waals surface area contributed by atoms with Crippen LogP contribution < -0.4 is 15.0 Å². The van der Waals surface area contributed by atoms with Crippen LogP contribution in [0.2, 0.25) is 0 Å². The lowest BCUT2D eigenvalue weighted by Gasteiger charge is -2.40. The van der Waals surface area contributed by atoms with Gasteiger partial charge < -0.3 is 24.4 Å². The predicted molar refractivity (Wildman–Crippen MR) is 114 cm³/mol. The summed E-state index contributed by atoms with van der Waals surface area (Å²) in [6.07, 6.45) is 6.50. The first-order chi connectivity index (χ1) is 14.6. The maximum absolute atomic E-state index is 8.82. The molecule has 1 N–H and O–H groups in total. The van der Waals surface area contributed by atoms with Gasteiger partial charge in [0.1, 0.15) is 29.8 Å². The molecule has 1 aromatic carbocycles. The lowest BCUT2D eigenvalue weighted by Crippen LogP contribution is -2.50. The Hall–Kier alpha value is -3.64. The van der Waals surface area contributed by atoms with Crippen LogP contribution in [-0.4, -0.2) is 64.3 Å². The van der Waals surface area contributed by atoms with E-state index in [1.165, 1.54) is 12.4 Å². The van der Waals surface area contributed by atoms with E-state index in [9.17, 15) is 0 Å². The smallest absolute Gasteiger partial charge is 0.158 e. The molecule has 0 radical (unpaired) electrons. The number of nitrogens with zero attached hydrogens (tertiary/aromatic N) is 7. The number of nitriles is 1. The third kappa shape index (κ3) is 4.04. The van der Waals surface area contributed by atoms with Gasteiger partial charge in [0.2, 0.25) is 0 Å². The van der Waals surface area contributed by atoms with E-state index in [1.807, 2.05) is 22.9 Å².